The Kier molecular flexibility index (Phi) is 6.08. The number of aromatic hydroxyl groups is 1. The second-order valence-electron chi connectivity index (χ2n) is 9.11. The van der Waals surface area contributed by atoms with Crippen LogP contribution in [0.3, 0.4) is 0 Å². The Morgan fingerprint density at radius 3 is 2.42 bits per heavy atom. The first kappa shape index (κ1) is 22.7. The quantitative estimate of drug-likeness (QED) is 0.604. The number of hydrogen-bond donors (Lipinski definition) is 2. The summed E-state index contributed by atoms with van der Waals surface area (Å²) in [5, 5.41) is 19.5. The summed E-state index contributed by atoms with van der Waals surface area (Å²) in [7, 11) is 0. The van der Waals surface area contributed by atoms with Crippen LogP contribution in [-0.2, 0) is 17.6 Å². The van der Waals surface area contributed by atoms with E-state index >= 15 is 0 Å². The maximum atomic E-state index is 11.2. The van der Waals surface area contributed by atoms with Crippen molar-refractivity contribution in [2.75, 3.05) is 0 Å². The number of carboxylic acids is 1. The molecule has 0 fully saturated rings. The topological polar surface area (TPSA) is 76.0 Å². The monoisotopic (exact) mass is 424 g/mol. The maximum absolute atomic E-state index is 11.2. The molecule has 5 heteroatoms. The lowest BCUT2D eigenvalue weighted by Gasteiger charge is -2.36. The Morgan fingerprint density at radius 2 is 1.81 bits per heavy atom. The normalized spacial score (nSPS) is 18.5. The van der Waals surface area contributed by atoms with Crippen molar-refractivity contribution in [2.45, 2.75) is 72.0 Å². The van der Waals surface area contributed by atoms with Crippen LogP contribution in [0.1, 0.15) is 55.0 Å². The molecule has 0 aromatic heterocycles. The van der Waals surface area contributed by atoms with Gasteiger partial charge in [-0.2, -0.15) is 0 Å². The largest absolute Gasteiger partial charge is 0.507 e. The zero-order chi connectivity index (χ0) is 23.0. The smallest absolute Gasteiger partial charge is 0.347 e. The molecule has 166 valence electrons. The van der Waals surface area contributed by atoms with E-state index in [9.17, 15) is 15.0 Å². The molecule has 0 aliphatic carbocycles. The van der Waals surface area contributed by atoms with Gasteiger partial charge in [-0.25, -0.2) is 4.79 Å². The van der Waals surface area contributed by atoms with Gasteiger partial charge in [0.1, 0.15) is 22.8 Å². The second kappa shape index (κ2) is 8.29. The number of allylic oxidation sites excluding steroid dienone is 1. The van der Waals surface area contributed by atoms with Crippen LogP contribution in [0.5, 0.6) is 17.2 Å². The summed E-state index contributed by atoms with van der Waals surface area (Å²) >= 11 is 0. The van der Waals surface area contributed by atoms with E-state index in [1.54, 1.807) is 12.1 Å². The highest BCUT2D eigenvalue weighted by atomic mass is 16.5. The minimum atomic E-state index is -1.27. The van der Waals surface area contributed by atoms with Crippen LogP contribution >= 0.6 is 0 Å². The van der Waals surface area contributed by atoms with E-state index in [1.807, 2.05) is 32.9 Å². The SMILES string of the molecule is Cc1c(C)c2c(c(C)c1O)CCC(C)(/C=C\Cc1ccc(OC(C)(C)C(=O)O)cc1)O2. The van der Waals surface area contributed by atoms with E-state index in [0.717, 1.165) is 52.8 Å². The third-order valence-electron chi connectivity index (χ3n) is 6.18. The maximum Gasteiger partial charge on any atom is 0.347 e. The molecule has 0 spiro atoms. The molecular weight excluding hydrogens is 392 g/mol. The first-order valence-corrected chi connectivity index (χ1v) is 10.6. The van der Waals surface area contributed by atoms with Gasteiger partial charge in [-0.1, -0.05) is 18.2 Å². The molecule has 0 saturated heterocycles. The number of rotatable bonds is 6. The Bertz CT molecular complexity index is 1020. The van der Waals surface area contributed by atoms with E-state index in [1.165, 1.54) is 13.8 Å². The number of phenolic OH excluding ortho intramolecular Hbond substituents is 1. The van der Waals surface area contributed by atoms with Crippen LogP contribution in [0, 0.1) is 20.8 Å². The zero-order valence-electron chi connectivity index (χ0n) is 19.2. The van der Waals surface area contributed by atoms with Gasteiger partial charge in [-0.05, 0) is 101 Å². The van der Waals surface area contributed by atoms with Gasteiger partial charge in [-0.3, -0.25) is 0 Å². The molecule has 1 aliphatic rings. The fourth-order valence-corrected chi connectivity index (χ4v) is 3.86. The number of carboxylic acid groups (broad SMARTS) is 1. The Balaban J connectivity index is 1.69. The molecule has 0 bridgehead atoms. The van der Waals surface area contributed by atoms with Crippen molar-refractivity contribution >= 4 is 5.97 Å². The van der Waals surface area contributed by atoms with Crippen molar-refractivity contribution in [3.05, 3.63) is 64.2 Å². The lowest BCUT2D eigenvalue weighted by Crippen LogP contribution is -2.37. The molecule has 5 nitrogen and oxygen atoms in total. The van der Waals surface area contributed by atoms with Gasteiger partial charge in [0.2, 0.25) is 0 Å². The third kappa shape index (κ3) is 4.71. The molecule has 0 amide bonds. The fraction of sp³-hybridized carbons (Fsp3) is 0.423. The predicted octanol–water partition coefficient (Wildman–Crippen LogP) is 5.44. The standard InChI is InChI=1S/C26H32O5/c1-16-17(2)23-21(18(3)22(16)27)13-15-26(6,31-23)14-7-8-19-9-11-20(12-10-19)30-25(4,5)24(28)29/h7,9-12,14,27H,8,13,15H2,1-6H3,(H,28,29)/b14-7-. The third-order valence-corrected chi connectivity index (χ3v) is 6.18. The lowest BCUT2D eigenvalue weighted by molar-refractivity contribution is -0.152. The van der Waals surface area contributed by atoms with E-state index < -0.39 is 17.2 Å². The molecule has 0 radical (unpaired) electrons. The number of benzene rings is 2. The van der Waals surface area contributed by atoms with Crippen molar-refractivity contribution in [2.24, 2.45) is 0 Å². The van der Waals surface area contributed by atoms with Crippen LogP contribution in [-0.4, -0.2) is 27.4 Å². The second-order valence-corrected chi connectivity index (χ2v) is 9.11. The summed E-state index contributed by atoms with van der Waals surface area (Å²) in [5.74, 6) is 0.799. The van der Waals surface area contributed by atoms with Crippen molar-refractivity contribution in [1.82, 2.24) is 0 Å². The molecule has 1 heterocycles. The van der Waals surface area contributed by atoms with Gasteiger partial charge < -0.3 is 19.7 Å². The van der Waals surface area contributed by atoms with Crippen molar-refractivity contribution < 1.29 is 24.5 Å². The summed E-state index contributed by atoms with van der Waals surface area (Å²) in [6, 6.07) is 7.47. The van der Waals surface area contributed by atoms with Gasteiger partial charge >= 0.3 is 5.97 Å². The number of ether oxygens (including phenoxy) is 2. The number of aliphatic carboxylic acids is 1. The van der Waals surface area contributed by atoms with Crippen molar-refractivity contribution in [1.29, 1.82) is 0 Å². The molecule has 1 atom stereocenters. The lowest BCUT2D eigenvalue weighted by atomic mass is 9.87. The van der Waals surface area contributed by atoms with Crippen LogP contribution in [0.25, 0.3) is 0 Å². The molecule has 2 N–H and O–H groups in total. The molecular formula is C26H32O5. The van der Waals surface area contributed by atoms with Crippen molar-refractivity contribution in [3.8, 4) is 17.2 Å². The van der Waals surface area contributed by atoms with Gasteiger partial charge in [0.25, 0.3) is 0 Å². The van der Waals surface area contributed by atoms with Crippen LogP contribution in [0.4, 0.5) is 0 Å². The van der Waals surface area contributed by atoms with Gasteiger partial charge in [-0.15, -0.1) is 0 Å². The number of fused-ring (bicyclic) bond motifs is 1. The van der Waals surface area contributed by atoms with Gasteiger partial charge in [0.15, 0.2) is 5.60 Å². The predicted molar refractivity (Wildman–Crippen MR) is 121 cm³/mol. The minimum Gasteiger partial charge on any atom is -0.507 e. The van der Waals surface area contributed by atoms with Crippen LogP contribution in [0.2, 0.25) is 0 Å². The number of hydrogen-bond acceptors (Lipinski definition) is 4. The van der Waals surface area contributed by atoms with Crippen molar-refractivity contribution in [3.63, 3.8) is 0 Å². The highest BCUT2D eigenvalue weighted by Crippen LogP contribution is 2.43. The van der Waals surface area contributed by atoms with Crippen LogP contribution < -0.4 is 9.47 Å². The number of phenols is 1. The highest BCUT2D eigenvalue weighted by molar-refractivity contribution is 5.76. The van der Waals surface area contributed by atoms with E-state index in [0.29, 0.717) is 11.5 Å². The zero-order valence-corrected chi connectivity index (χ0v) is 19.2. The molecule has 1 unspecified atom stereocenters. The van der Waals surface area contributed by atoms with E-state index in [4.69, 9.17) is 9.47 Å². The summed E-state index contributed by atoms with van der Waals surface area (Å²) in [6.07, 6.45) is 6.67. The summed E-state index contributed by atoms with van der Waals surface area (Å²) in [6.45, 7) is 11.0. The average molecular weight is 425 g/mol. The molecule has 0 saturated carbocycles. The average Bonchev–Trinajstić information content (AvgIpc) is 2.71. The number of carbonyl (C=O) groups is 1. The Labute approximate surface area is 184 Å². The summed E-state index contributed by atoms with van der Waals surface area (Å²) < 4.78 is 12.0. The molecule has 2 aromatic rings. The minimum absolute atomic E-state index is 0.373. The summed E-state index contributed by atoms with van der Waals surface area (Å²) in [4.78, 5) is 11.2. The van der Waals surface area contributed by atoms with Crippen LogP contribution in [0.15, 0.2) is 36.4 Å². The Hall–Kier alpha value is -2.95. The molecule has 31 heavy (non-hydrogen) atoms. The van der Waals surface area contributed by atoms with E-state index in [2.05, 4.69) is 19.1 Å². The van der Waals surface area contributed by atoms with E-state index in [-0.39, 0.29) is 0 Å². The summed E-state index contributed by atoms with van der Waals surface area (Å²) in [5.41, 5.74) is 3.32. The Morgan fingerprint density at radius 1 is 1.16 bits per heavy atom. The fourth-order valence-electron chi connectivity index (χ4n) is 3.86. The molecule has 3 rings (SSSR count). The molecule has 2 aromatic carbocycles. The van der Waals surface area contributed by atoms with Gasteiger partial charge in [0.05, 0.1) is 0 Å². The highest BCUT2D eigenvalue weighted by Gasteiger charge is 2.32. The first-order valence-electron chi connectivity index (χ1n) is 10.6. The van der Waals surface area contributed by atoms with Gasteiger partial charge in [0, 0.05) is 5.56 Å². The molecule has 1 aliphatic heterocycles. The first-order chi connectivity index (χ1) is 14.4.